The molecule has 26 heavy (non-hydrogen) atoms. The maximum atomic E-state index is 12.6. The molecule has 0 radical (unpaired) electrons. The fourth-order valence-electron chi connectivity index (χ4n) is 4.01. The fourth-order valence-corrected chi connectivity index (χ4v) is 4.01. The SMILES string of the molecule is COC(=O)[C@](C)(Cc1ccccc1)C[C@]1(C)C[C@](C)(C(=O)OC)OC1=O. The lowest BCUT2D eigenvalue weighted by molar-refractivity contribution is -0.171. The summed E-state index contributed by atoms with van der Waals surface area (Å²) in [5, 5.41) is 0. The average molecular weight is 362 g/mol. The molecule has 1 aromatic rings. The monoisotopic (exact) mass is 362 g/mol. The van der Waals surface area contributed by atoms with Crippen LogP contribution in [0.2, 0.25) is 0 Å². The van der Waals surface area contributed by atoms with Crippen LogP contribution in [0.25, 0.3) is 0 Å². The Bertz CT molecular complexity index is 700. The number of carbonyl (C=O) groups is 3. The number of cyclic esters (lactones) is 1. The third-order valence-corrected chi connectivity index (χ3v) is 5.05. The smallest absolute Gasteiger partial charge is 0.350 e. The predicted octanol–water partition coefficient (Wildman–Crippen LogP) is 2.68. The number of esters is 3. The molecule has 0 N–H and O–H groups in total. The number of methoxy groups -OCH3 is 2. The quantitative estimate of drug-likeness (QED) is 0.572. The molecule has 1 saturated heterocycles. The molecular formula is C20H26O6. The van der Waals surface area contributed by atoms with E-state index in [0.29, 0.717) is 6.42 Å². The fraction of sp³-hybridized carbons (Fsp3) is 0.550. The molecule has 1 aliphatic heterocycles. The van der Waals surface area contributed by atoms with Crippen molar-refractivity contribution in [2.24, 2.45) is 10.8 Å². The predicted molar refractivity (Wildman–Crippen MR) is 94.1 cm³/mol. The molecule has 6 nitrogen and oxygen atoms in total. The molecule has 0 amide bonds. The van der Waals surface area contributed by atoms with Crippen molar-refractivity contribution in [3.05, 3.63) is 35.9 Å². The lowest BCUT2D eigenvalue weighted by Gasteiger charge is -2.33. The summed E-state index contributed by atoms with van der Waals surface area (Å²) in [6.07, 6.45) is 0.762. The van der Waals surface area contributed by atoms with Crippen LogP contribution in [-0.4, -0.2) is 37.7 Å². The van der Waals surface area contributed by atoms with E-state index in [9.17, 15) is 14.4 Å². The molecule has 142 valence electrons. The van der Waals surface area contributed by atoms with Crippen LogP contribution in [0.1, 0.15) is 39.2 Å². The van der Waals surface area contributed by atoms with Crippen molar-refractivity contribution in [2.75, 3.05) is 14.2 Å². The van der Waals surface area contributed by atoms with E-state index in [1.54, 1.807) is 13.8 Å². The van der Waals surface area contributed by atoms with Gasteiger partial charge in [-0.25, -0.2) is 4.79 Å². The van der Waals surface area contributed by atoms with Crippen molar-refractivity contribution in [2.45, 2.75) is 45.6 Å². The van der Waals surface area contributed by atoms with Gasteiger partial charge in [0, 0.05) is 6.42 Å². The summed E-state index contributed by atoms with van der Waals surface area (Å²) in [6, 6.07) is 9.54. The van der Waals surface area contributed by atoms with Crippen LogP contribution in [0.3, 0.4) is 0 Å². The third kappa shape index (κ3) is 3.74. The first-order valence-corrected chi connectivity index (χ1v) is 8.53. The van der Waals surface area contributed by atoms with Gasteiger partial charge in [-0.1, -0.05) is 30.3 Å². The molecule has 0 unspecified atom stereocenters. The summed E-state index contributed by atoms with van der Waals surface area (Å²) in [5.41, 5.74) is -2.32. The van der Waals surface area contributed by atoms with Gasteiger partial charge >= 0.3 is 17.9 Å². The van der Waals surface area contributed by atoms with Gasteiger partial charge in [0.05, 0.1) is 25.0 Å². The molecule has 0 aliphatic carbocycles. The minimum atomic E-state index is -1.34. The van der Waals surface area contributed by atoms with Crippen LogP contribution < -0.4 is 0 Å². The molecular weight excluding hydrogens is 336 g/mol. The molecule has 0 spiro atoms. The van der Waals surface area contributed by atoms with Gasteiger partial charge in [0.1, 0.15) is 0 Å². The number of hydrogen-bond acceptors (Lipinski definition) is 6. The van der Waals surface area contributed by atoms with Gasteiger partial charge in [-0.2, -0.15) is 0 Å². The molecule has 0 bridgehead atoms. The summed E-state index contributed by atoms with van der Waals surface area (Å²) in [7, 11) is 2.59. The van der Waals surface area contributed by atoms with E-state index in [1.807, 2.05) is 30.3 Å². The van der Waals surface area contributed by atoms with Crippen molar-refractivity contribution in [1.82, 2.24) is 0 Å². The summed E-state index contributed by atoms with van der Waals surface area (Å²) >= 11 is 0. The van der Waals surface area contributed by atoms with Gasteiger partial charge in [-0.3, -0.25) is 9.59 Å². The minimum absolute atomic E-state index is 0.146. The van der Waals surface area contributed by atoms with Crippen LogP contribution >= 0.6 is 0 Å². The van der Waals surface area contributed by atoms with E-state index in [-0.39, 0.29) is 12.8 Å². The maximum absolute atomic E-state index is 12.6. The topological polar surface area (TPSA) is 78.9 Å². The molecule has 1 heterocycles. The van der Waals surface area contributed by atoms with E-state index >= 15 is 0 Å². The van der Waals surface area contributed by atoms with Gasteiger partial charge in [0.2, 0.25) is 5.60 Å². The van der Waals surface area contributed by atoms with E-state index in [4.69, 9.17) is 14.2 Å². The van der Waals surface area contributed by atoms with Crippen LogP contribution in [0.4, 0.5) is 0 Å². The largest absolute Gasteiger partial charge is 0.469 e. The number of carbonyl (C=O) groups excluding carboxylic acids is 3. The van der Waals surface area contributed by atoms with Crippen molar-refractivity contribution in [3.8, 4) is 0 Å². The van der Waals surface area contributed by atoms with E-state index in [0.717, 1.165) is 5.56 Å². The van der Waals surface area contributed by atoms with Crippen molar-refractivity contribution >= 4 is 17.9 Å². The van der Waals surface area contributed by atoms with Gasteiger partial charge in [0.25, 0.3) is 0 Å². The highest BCUT2D eigenvalue weighted by atomic mass is 16.6. The Kier molecular flexibility index (Phi) is 5.44. The Balaban J connectivity index is 2.31. The maximum Gasteiger partial charge on any atom is 0.350 e. The molecule has 0 aromatic heterocycles. The normalized spacial score (nSPS) is 27.3. The third-order valence-electron chi connectivity index (χ3n) is 5.05. The highest BCUT2D eigenvalue weighted by Gasteiger charge is 2.59. The van der Waals surface area contributed by atoms with Gasteiger partial charge in [-0.15, -0.1) is 0 Å². The lowest BCUT2D eigenvalue weighted by atomic mass is 9.68. The number of hydrogen-bond donors (Lipinski definition) is 0. The zero-order valence-corrected chi connectivity index (χ0v) is 16.0. The summed E-state index contributed by atoms with van der Waals surface area (Å²) in [6.45, 7) is 5.03. The Morgan fingerprint density at radius 2 is 1.77 bits per heavy atom. The molecule has 3 atom stereocenters. The average Bonchev–Trinajstić information content (AvgIpc) is 2.83. The second-order valence-electron chi connectivity index (χ2n) is 7.74. The Hall–Kier alpha value is -2.37. The summed E-state index contributed by atoms with van der Waals surface area (Å²) in [5.74, 6) is -1.51. The molecule has 0 saturated carbocycles. The van der Waals surface area contributed by atoms with Crippen molar-refractivity contribution in [3.63, 3.8) is 0 Å². The molecule has 2 rings (SSSR count). The first-order valence-electron chi connectivity index (χ1n) is 8.53. The van der Waals surface area contributed by atoms with Crippen LogP contribution in [0.5, 0.6) is 0 Å². The van der Waals surface area contributed by atoms with E-state index < -0.39 is 34.3 Å². The number of rotatable bonds is 6. The van der Waals surface area contributed by atoms with Crippen LogP contribution in [0.15, 0.2) is 30.3 Å². The van der Waals surface area contributed by atoms with E-state index in [1.165, 1.54) is 21.1 Å². The van der Waals surface area contributed by atoms with Crippen molar-refractivity contribution in [1.29, 1.82) is 0 Å². The van der Waals surface area contributed by atoms with Crippen LogP contribution in [-0.2, 0) is 35.0 Å². The first-order chi connectivity index (χ1) is 12.1. The standard InChI is InChI=1S/C20H26O6/c1-18(15(21)24-4,11-14-9-7-6-8-10-14)12-19(2)13-20(3,17(23)25-5)26-16(19)22/h6-10H,11-13H2,1-5H3/t18-,19-,20-/m1/s1. The Morgan fingerprint density at radius 3 is 2.31 bits per heavy atom. The summed E-state index contributed by atoms with van der Waals surface area (Å²) < 4.78 is 15.1. The first kappa shape index (κ1) is 19.9. The molecule has 1 aromatic carbocycles. The summed E-state index contributed by atoms with van der Waals surface area (Å²) in [4.78, 5) is 37.2. The highest BCUT2D eigenvalue weighted by Crippen LogP contribution is 2.49. The van der Waals surface area contributed by atoms with Gasteiger partial charge in [-0.05, 0) is 39.2 Å². The zero-order chi connectivity index (χ0) is 19.6. The Morgan fingerprint density at radius 1 is 1.15 bits per heavy atom. The number of benzene rings is 1. The Labute approximate surface area is 153 Å². The van der Waals surface area contributed by atoms with Crippen molar-refractivity contribution < 1.29 is 28.6 Å². The molecule has 1 fully saturated rings. The zero-order valence-electron chi connectivity index (χ0n) is 16.0. The van der Waals surface area contributed by atoms with Gasteiger partial charge in [0.15, 0.2) is 0 Å². The minimum Gasteiger partial charge on any atom is -0.469 e. The second kappa shape index (κ2) is 7.09. The van der Waals surface area contributed by atoms with E-state index in [2.05, 4.69) is 0 Å². The van der Waals surface area contributed by atoms with Gasteiger partial charge < -0.3 is 14.2 Å². The van der Waals surface area contributed by atoms with Crippen LogP contribution in [0, 0.1) is 10.8 Å². The lowest BCUT2D eigenvalue weighted by Crippen LogP contribution is -2.40. The molecule has 1 aliphatic rings. The highest BCUT2D eigenvalue weighted by molar-refractivity contribution is 5.90. The number of ether oxygens (including phenoxy) is 3. The second-order valence-corrected chi connectivity index (χ2v) is 7.74. The molecule has 6 heteroatoms.